The maximum atomic E-state index is 13.9. The first-order valence-electron chi connectivity index (χ1n) is 15.7. The average Bonchev–Trinajstić information content (AvgIpc) is 3.10. The lowest BCUT2D eigenvalue weighted by molar-refractivity contribution is -0.140. The van der Waals surface area contributed by atoms with Gasteiger partial charge in [0.15, 0.2) is 0 Å². The third kappa shape index (κ3) is 10.6. The van der Waals surface area contributed by atoms with Gasteiger partial charge in [0, 0.05) is 25.1 Å². The van der Waals surface area contributed by atoms with E-state index in [1.54, 1.807) is 79.7 Å². The van der Waals surface area contributed by atoms with E-state index in [0.29, 0.717) is 22.4 Å². The summed E-state index contributed by atoms with van der Waals surface area (Å²) in [7, 11) is -2.55. The maximum absolute atomic E-state index is 13.9. The molecule has 0 saturated heterocycles. The highest BCUT2D eigenvalue weighted by molar-refractivity contribution is 7.89. The number of carbonyl (C=O) groups is 4. The molecule has 4 aromatic carbocycles. The minimum absolute atomic E-state index is 0. The molecule has 0 unspecified atom stereocenters. The molecule has 3 atom stereocenters. The molecule has 0 spiro atoms. The Morgan fingerprint density at radius 1 is 0.694 bits per heavy atom. The van der Waals surface area contributed by atoms with Crippen LogP contribution in [0.4, 0.5) is 0 Å². The third-order valence-electron chi connectivity index (χ3n) is 7.78. The molecule has 0 aliphatic rings. The molecule has 4 aromatic rings. The number of ether oxygens (including phenoxy) is 1. The summed E-state index contributed by atoms with van der Waals surface area (Å²) >= 11 is 0. The van der Waals surface area contributed by atoms with Crippen LogP contribution in [-0.4, -0.2) is 57.2 Å². The van der Waals surface area contributed by atoms with Crippen LogP contribution < -0.4 is 25.4 Å². The summed E-state index contributed by atoms with van der Waals surface area (Å²) in [6.45, 7) is 3.12. The van der Waals surface area contributed by atoms with Crippen molar-refractivity contribution in [2.45, 2.75) is 56.3 Å². The summed E-state index contributed by atoms with van der Waals surface area (Å²) < 4.78 is 33.8. The summed E-state index contributed by atoms with van der Waals surface area (Å²) in [6.07, 6.45) is 0.00524. The summed E-state index contributed by atoms with van der Waals surface area (Å²) in [5.41, 5.74) is 2.65. The Bertz CT molecular complexity index is 1870. The highest BCUT2D eigenvalue weighted by Crippen LogP contribution is 2.16. The second-order valence-electron chi connectivity index (χ2n) is 11.5. The zero-order chi connectivity index (χ0) is 35.4. The Balaban J connectivity index is 0.00000676. The van der Waals surface area contributed by atoms with Gasteiger partial charge >= 0.3 is 0 Å². The molecule has 0 aliphatic heterocycles. The first-order valence-corrected chi connectivity index (χ1v) is 17.2. The molecule has 12 heteroatoms. The highest BCUT2D eigenvalue weighted by atomic mass is 32.2. The number of aryl methyl sites for hydroxylation is 1. The van der Waals surface area contributed by atoms with Crippen LogP contribution in [0, 0.1) is 6.92 Å². The first kappa shape index (κ1) is 36.5. The van der Waals surface area contributed by atoms with E-state index in [-0.39, 0.29) is 30.0 Å². The van der Waals surface area contributed by atoms with Crippen LogP contribution in [0.5, 0.6) is 5.75 Å². The molecule has 0 radical (unpaired) electrons. The van der Waals surface area contributed by atoms with E-state index in [2.05, 4.69) is 20.7 Å². The Kier molecular flexibility index (Phi) is 12.8. The van der Waals surface area contributed by atoms with Crippen molar-refractivity contribution in [2.24, 2.45) is 0 Å². The number of rotatable bonds is 16. The summed E-state index contributed by atoms with van der Waals surface area (Å²) in [5, 5.41) is 7.95. The number of hydrogen-bond donors (Lipinski definition) is 4. The van der Waals surface area contributed by atoms with E-state index >= 15 is 0 Å². The number of benzene rings is 4. The monoisotopic (exact) mass is 692 g/mol. The molecule has 0 heterocycles. The second-order valence-corrected chi connectivity index (χ2v) is 13.2. The topological polar surface area (TPSA) is 160 Å². The predicted molar refractivity (Wildman–Crippen MR) is 193 cm³/mol. The van der Waals surface area contributed by atoms with Crippen LogP contribution in [0.15, 0.2) is 114 Å². The van der Waals surface area contributed by atoms with Crippen molar-refractivity contribution in [3.05, 3.63) is 131 Å². The van der Waals surface area contributed by atoms with Gasteiger partial charge in [-0.2, -0.15) is 4.72 Å². The lowest BCUT2D eigenvalue weighted by atomic mass is 9.99. The minimum Gasteiger partial charge on any atom is -0.497 e. The average molecular weight is 693 g/mol. The fourth-order valence-electron chi connectivity index (χ4n) is 5.07. The fraction of sp³-hybridized carbons (Fsp3) is 0.243. The molecule has 3 amide bonds. The molecule has 4 N–H and O–H groups in total. The van der Waals surface area contributed by atoms with E-state index in [4.69, 9.17) is 4.74 Å². The van der Waals surface area contributed by atoms with E-state index in [9.17, 15) is 27.6 Å². The van der Waals surface area contributed by atoms with Gasteiger partial charge in [-0.1, -0.05) is 91.0 Å². The normalized spacial score (nSPS) is 13.0. The van der Waals surface area contributed by atoms with Gasteiger partial charge in [0.05, 0.1) is 18.0 Å². The van der Waals surface area contributed by atoms with Crippen molar-refractivity contribution in [1.82, 2.24) is 20.7 Å². The number of nitrogens with one attached hydrogen (secondary N) is 4. The Hall–Kier alpha value is -5.33. The van der Waals surface area contributed by atoms with Crippen LogP contribution in [0.2, 0.25) is 0 Å². The van der Waals surface area contributed by atoms with Crippen molar-refractivity contribution in [3.63, 3.8) is 0 Å². The van der Waals surface area contributed by atoms with Crippen molar-refractivity contribution in [2.75, 3.05) is 7.11 Å². The first-order chi connectivity index (χ1) is 23.5. The van der Waals surface area contributed by atoms with E-state index in [1.165, 1.54) is 20.1 Å². The predicted octanol–water partition coefficient (Wildman–Crippen LogP) is 3.99. The summed E-state index contributed by atoms with van der Waals surface area (Å²) in [5.74, 6) is -2.65. The van der Waals surface area contributed by atoms with Gasteiger partial charge in [-0.3, -0.25) is 19.2 Å². The quantitative estimate of drug-likeness (QED) is 0.129. The molecular weight excluding hydrogens is 644 g/mol. The van der Waals surface area contributed by atoms with Gasteiger partial charge in [0.2, 0.25) is 27.6 Å². The molecule has 0 aromatic heterocycles. The Labute approximate surface area is 292 Å². The molecule has 49 heavy (non-hydrogen) atoms. The maximum Gasteiger partial charge on any atom is 0.289 e. The number of methoxy groups -OCH3 is 1. The summed E-state index contributed by atoms with van der Waals surface area (Å²) in [6, 6.07) is 27.4. The van der Waals surface area contributed by atoms with Gasteiger partial charge in [-0.25, -0.2) is 8.42 Å². The van der Waals surface area contributed by atoms with Crippen LogP contribution in [-0.2, 0) is 48.6 Å². The zero-order valence-corrected chi connectivity index (χ0v) is 28.3. The van der Waals surface area contributed by atoms with Crippen molar-refractivity contribution in [3.8, 4) is 5.75 Å². The standard InChI is InChI=1S/C37H40N4O7S.4H2/c1-25-12-10-11-17-33(25)49(46,47)41-26(2)35(43)40-32(23-28-18-20-30(48-3)21-19-28)36(44)39-31(22-27-13-6-4-7-14-27)34(42)37(45)38-24-29-15-8-5-9-16-29;;;;/h4-21,26,31-32,41H,22-24H2,1-3H3,(H,38,45)(H,39,44)(H,40,43);4*1H/t26-,31-,32-;;;;/m0..../s1. The van der Waals surface area contributed by atoms with Gasteiger partial charge < -0.3 is 20.7 Å². The number of Topliss-reactive ketones (excluding diaryl/α,β-unsaturated/α-hetero) is 1. The molecular formula is C37H48N4O7S. The molecule has 0 saturated carbocycles. The second kappa shape index (κ2) is 17.2. The van der Waals surface area contributed by atoms with E-state index in [0.717, 1.165) is 5.56 Å². The number of sulfonamides is 1. The Morgan fingerprint density at radius 2 is 1.22 bits per heavy atom. The van der Waals surface area contributed by atoms with Crippen molar-refractivity contribution >= 4 is 33.5 Å². The van der Waals surface area contributed by atoms with Gasteiger partial charge in [0.1, 0.15) is 17.8 Å². The largest absolute Gasteiger partial charge is 0.497 e. The van der Waals surface area contributed by atoms with E-state index in [1.807, 2.05) is 30.3 Å². The van der Waals surface area contributed by atoms with E-state index < -0.39 is 51.7 Å². The number of carbonyl (C=O) groups excluding carboxylic acids is 4. The van der Waals surface area contributed by atoms with Gasteiger partial charge in [-0.15, -0.1) is 0 Å². The lowest BCUT2D eigenvalue weighted by Gasteiger charge is -2.24. The Morgan fingerprint density at radius 3 is 1.84 bits per heavy atom. The minimum atomic E-state index is -4.07. The molecule has 0 bridgehead atoms. The van der Waals surface area contributed by atoms with Crippen molar-refractivity contribution in [1.29, 1.82) is 0 Å². The van der Waals surface area contributed by atoms with Crippen molar-refractivity contribution < 1.29 is 38.0 Å². The highest BCUT2D eigenvalue weighted by Gasteiger charge is 2.32. The number of hydrogen-bond acceptors (Lipinski definition) is 7. The van der Waals surface area contributed by atoms with Crippen LogP contribution in [0.25, 0.3) is 0 Å². The van der Waals surface area contributed by atoms with Crippen LogP contribution in [0.3, 0.4) is 0 Å². The fourth-order valence-corrected chi connectivity index (χ4v) is 6.52. The SMILES string of the molecule is COc1ccc(C[C@H](NC(=O)[C@H](C)NS(=O)(=O)c2ccccc2C)C(=O)N[C@@H](Cc2ccccc2)C(=O)C(=O)NCc2ccccc2)cc1.[HH].[HH].[HH].[HH]. The van der Waals surface area contributed by atoms with Gasteiger partial charge in [-0.05, 0) is 54.3 Å². The number of amides is 3. The van der Waals surface area contributed by atoms with Crippen LogP contribution in [0.1, 0.15) is 34.9 Å². The van der Waals surface area contributed by atoms with Crippen LogP contribution >= 0.6 is 0 Å². The third-order valence-corrected chi connectivity index (χ3v) is 9.48. The summed E-state index contributed by atoms with van der Waals surface area (Å²) in [4.78, 5) is 53.9. The molecule has 0 fully saturated rings. The van der Waals surface area contributed by atoms with Gasteiger partial charge in [0.25, 0.3) is 5.91 Å². The molecule has 264 valence electrons. The zero-order valence-electron chi connectivity index (χ0n) is 27.5. The molecule has 4 rings (SSSR count). The smallest absolute Gasteiger partial charge is 0.289 e. The number of ketones is 1. The molecule has 11 nitrogen and oxygen atoms in total. The molecule has 0 aliphatic carbocycles. The lowest BCUT2D eigenvalue weighted by Crippen LogP contribution is -2.57.